The van der Waals surface area contributed by atoms with Gasteiger partial charge in [-0.05, 0) is 83.4 Å². The molecular formula is C47H29N5. The summed E-state index contributed by atoms with van der Waals surface area (Å²) in [6.45, 7) is 7.56. The first kappa shape index (κ1) is 29.6. The van der Waals surface area contributed by atoms with Crippen LogP contribution in [0.2, 0.25) is 0 Å². The summed E-state index contributed by atoms with van der Waals surface area (Å²) in [4.78, 5) is 13.7. The Morgan fingerprint density at radius 2 is 1.15 bits per heavy atom. The van der Waals surface area contributed by atoms with E-state index in [2.05, 4.69) is 135 Å². The van der Waals surface area contributed by atoms with Gasteiger partial charge < -0.3 is 4.57 Å². The summed E-state index contributed by atoms with van der Waals surface area (Å²) in [7, 11) is 0. The van der Waals surface area contributed by atoms with Gasteiger partial charge in [0.15, 0.2) is 5.69 Å². The van der Waals surface area contributed by atoms with Crippen molar-refractivity contribution in [2.45, 2.75) is 0 Å². The largest absolute Gasteiger partial charge is 0.309 e. The molecule has 0 atom stereocenters. The van der Waals surface area contributed by atoms with Crippen molar-refractivity contribution < 1.29 is 0 Å². The molecule has 0 saturated heterocycles. The van der Waals surface area contributed by atoms with Gasteiger partial charge in [0.25, 0.3) is 0 Å². The molecule has 0 saturated carbocycles. The molecule has 5 nitrogen and oxygen atoms in total. The van der Waals surface area contributed by atoms with E-state index in [0.29, 0.717) is 5.69 Å². The molecule has 10 rings (SSSR count). The number of fused-ring (bicyclic) bond motifs is 7. The van der Waals surface area contributed by atoms with E-state index < -0.39 is 0 Å². The fraction of sp³-hybridized carbons (Fsp3) is 0. The Labute approximate surface area is 300 Å². The summed E-state index contributed by atoms with van der Waals surface area (Å²) < 4.78 is 4.68. The van der Waals surface area contributed by atoms with Crippen LogP contribution in [0.4, 0.5) is 5.69 Å². The quantitative estimate of drug-likeness (QED) is 0.172. The SMILES string of the molecule is [C-]#[N+]c1cccc(-c2cc(-c3ccc(-n4c5ncccc5c5ccc6c(c7ccccc7n6-c6ccccc6)c54)cc3)cc(-c3ccccc3)n2)c1. The van der Waals surface area contributed by atoms with Crippen LogP contribution in [0.1, 0.15) is 0 Å². The second kappa shape index (κ2) is 11.9. The normalized spacial score (nSPS) is 11.4. The van der Waals surface area contributed by atoms with Gasteiger partial charge in [-0.25, -0.2) is 14.8 Å². The summed E-state index contributed by atoms with van der Waals surface area (Å²) in [6.07, 6.45) is 1.88. The molecule has 6 aromatic carbocycles. The Kier molecular flexibility index (Phi) is 6.80. The lowest BCUT2D eigenvalue weighted by molar-refractivity contribution is 1.14. The Bertz CT molecular complexity index is 3000. The van der Waals surface area contributed by atoms with E-state index >= 15 is 0 Å². The molecule has 0 amide bonds. The topological polar surface area (TPSA) is 40.0 Å². The molecule has 0 spiro atoms. The van der Waals surface area contributed by atoms with Gasteiger partial charge in [-0.2, -0.15) is 0 Å². The Hall–Kier alpha value is -7.29. The van der Waals surface area contributed by atoms with Crippen LogP contribution in [-0.2, 0) is 0 Å². The molecule has 0 aliphatic carbocycles. The molecule has 0 aliphatic heterocycles. The van der Waals surface area contributed by atoms with Crippen molar-refractivity contribution in [1.29, 1.82) is 0 Å². The van der Waals surface area contributed by atoms with E-state index in [0.717, 1.165) is 67.1 Å². The first-order valence-corrected chi connectivity index (χ1v) is 17.3. The fourth-order valence-electron chi connectivity index (χ4n) is 7.63. The zero-order valence-corrected chi connectivity index (χ0v) is 28.0. The Balaban J connectivity index is 1.19. The molecule has 52 heavy (non-hydrogen) atoms. The van der Waals surface area contributed by atoms with Crippen LogP contribution in [0.5, 0.6) is 0 Å². The maximum absolute atomic E-state index is 7.56. The van der Waals surface area contributed by atoms with Gasteiger partial charge in [0.05, 0.1) is 34.5 Å². The molecule has 0 aliphatic rings. The van der Waals surface area contributed by atoms with Crippen molar-refractivity contribution in [2.75, 3.05) is 0 Å². The standard InChI is InChI=1S/C47H29N5/c1-48-35-15-10-14-33(28-35)42-30-34(29-41(50-42)32-12-4-2-5-13-32)31-21-23-37(24-22-31)52-46-38(39-19-11-27-49-47(39)52)25-26-44-45(46)40-18-8-9-20-43(40)51(44)36-16-6-3-7-17-36/h2-30H. The second-order valence-electron chi connectivity index (χ2n) is 13.0. The molecule has 242 valence electrons. The van der Waals surface area contributed by atoms with Crippen molar-refractivity contribution in [3.8, 4) is 45.0 Å². The smallest absolute Gasteiger partial charge is 0.187 e. The predicted molar refractivity (Wildman–Crippen MR) is 213 cm³/mol. The summed E-state index contributed by atoms with van der Waals surface area (Å²) in [5.41, 5.74) is 12.9. The van der Waals surface area contributed by atoms with Crippen molar-refractivity contribution >= 4 is 49.4 Å². The van der Waals surface area contributed by atoms with Crippen LogP contribution >= 0.6 is 0 Å². The minimum absolute atomic E-state index is 0.594. The molecule has 10 aromatic rings. The van der Waals surface area contributed by atoms with E-state index in [4.69, 9.17) is 16.5 Å². The van der Waals surface area contributed by atoms with Crippen LogP contribution < -0.4 is 0 Å². The maximum Gasteiger partial charge on any atom is 0.187 e. The summed E-state index contributed by atoms with van der Waals surface area (Å²) in [5, 5.41) is 4.69. The summed E-state index contributed by atoms with van der Waals surface area (Å²) >= 11 is 0. The summed E-state index contributed by atoms with van der Waals surface area (Å²) in [5.74, 6) is 0. The van der Waals surface area contributed by atoms with Gasteiger partial charge in [-0.3, -0.25) is 4.57 Å². The molecule has 0 unspecified atom stereocenters. The lowest BCUT2D eigenvalue weighted by Crippen LogP contribution is -1.97. The third kappa shape index (κ3) is 4.70. The molecule has 0 fully saturated rings. The number of nitrogens with zero attached hydrogens (tertiary/aromatic N) is 5. The molecule has 0 N–H and O–H groups in total. The van der Waals surface area contributed by atoms with E-state index in [-0.39, 0.29) is 0 Å². The van der Waals surface area contributed by atoms with E-state index in [1.807, 2.05) is 54.7 Å². The zero-order chi connectivity index (χ0) is 34.6. The molecule has 0 radical (unpaired) electrons. The first-order chi connectivity index (χ1) is 25.7. The third-order valence-electron chi connectivity index (χ3n) is 9.96. The monoisotopic (exact) mass is 663 g/mol. The van der Waals surface area contributed by atoms with Crippen molar-refractivity contribution in [1.82, 2.24) is 19.1 Å². The minimum atomic E-state index is 0.594. The highest BCUT2D eigenvalue weighted by atomic mass is 15.1. The molecule has 5 heteroatoms. The summed E-state index contributed by atoms with van der Waals surface area (Å²) in [6, 6.07) is 58.9. The first-order valence-electron chi connectivity index (χ1n) is 17.3. The second-order valence-corrected chi connectivity index (χ2v) is 13.0. The van der Waals surface area contributed by atoms with Gasteiger partial charge in [-0.1, -0.05) is 103 Å². The number of rotatable bonds is 5. The Morgan fingerprint density at radius 3 is 1.96 bits per heavy atom. The van der Waals surface area contributed by atoms with E-state index in [1.54, 1.807) is 0 Å². The van der Waals surface area contributed by atoms with E-state index in [1.165, 1.54) is 21.7 Å². The fourth-order valence-corrected chi connectivity index (χ4v) is 7.63. The van der Waals surface area contributed by atoms with Crippen LogP contribution in [0.3, 0.4) is 0 Å². The Morgan fingerprint density at radius 1 is 0.462 bits per heavy atom. The van der Waals surface area contributed by atoms with Gasteiger partial charge in [0.2, 0.25) is 0 Å². The number of aromatic nitrogens is 4. The van der Waals surface area contributed by atoms with Crippen LogP contribution in [-0.4, -0.2) is 19.1 Å². The van der Waals surface area contributed by atoms with Crippen LogP contribution in [0.15, 0.2) is 176 Å². The van der Waals surface area contributed by atoms with Crippen LogP contribution in [0, 0.1) is 6.57 Å². The van der Waals surface area contributed by atoms with Crippen molar-refractivity contribution in [2.24, 2.45) is 0 Å². The number of pyridine rings is 2. The predicted octanol–water partition coefficient (Wildman–Crippen LogP) is 12.2. The highest BCUT2D eigenvalue weighted by Gasteiger charge is 2.21. The van der Waals surface area contributed by atoms with Crippen molar-refractivity contribution in [3.05, 3.63) is 187 Å². The highest BCUT2D eigenvalue weighted by Crippen LogP contribution is 2.42. The molecule has 4 aromatic heterocycles. The van der Waals surface area contributed by atoms with Gasteiger partial charge >= 0.3 is 0 Å². The molecule has 0 bridgehead atoms. The lowest BCUT2D eigenvalue weighted by Gasteiger charge is -2.12. The molecule has 4 heterocycles. The highest BCUT2D eigenvalue weighted by molar-refractivity contribution is 6.25. The average Bonchev–Trinajstić information content (AvgIpc) is 3.74. The number of hydrogen-bond acceptors (Lipinski definition) is 2. The number of hydrogen-bond donors (Lipinski definition) is 0. The van der Waals surface area contributed by atoms with E-state index in [9.17, 15) is 0 Å². The lowest BCUT2D eigenvalue weighted by atomic mass is 9.99. The average molecular weight is 664 g/mol. The third-order valence-corrected chi connectivity index (χ3v) is 9.96. The number of benzene rings is 6. The van der Waals surface area contributed by atoms with Gasteiger partial charge in [0, 0.05) is 44.7 Å². The van der Waals surface area contributed by atoms with Gasteiger partial charge in [0.1, 0.15) is 5.65 Å². The van der Waals surface area contributed by atoms with Crippen LogP contribution in [0.25, 0.3) is 93.6 Å². The van der Waals surface area contributed by atoms with Crippen molar-refractivity contribution in [3.63, 3.8) is 0 Å². The van der Waals surface area contributed by atoms with Gasteiger partial charge in [-0.15, -0.1) is 0 Å². The zero-order valence-electron chi connectivity index (χ0n) is 28.0. The maximum atomic E-state index is 7.56. The number of para-hydroxylation sites is 2. The molecular weight excluding hydrogens is 635 g/mol. The minimum Gasteiger partial charge on any atom is -0.309 e.